The zero-order valence-electron chi connectivity index (χ0n) is 7.68. The highest BCUT2D eigenvalue weighted by Gasteiger charge is 2.25. The number of likely N-dealkylation sites (tertiary alicyclic amines) is 1. The van der Waals surface area contributed by atoms with Crippen molar-refractivity contribution in [3.63, 3.8) is 0 Å². The standard InChI is InChI=1S/C9H17NO/c1-9(2,3)10-6-4-8(11)5-7-10/h4-7H2,1-3H3. The molecule has 0 atom stereocenters. The molecule has 11 heavy (non-hydrogen) atoms. The predicted molar refractivity (Wildman–Crippen MR) is 45.6 cm³/mol. The zero-order valence-corrected chi connectivity index (χ0v) is 7.68. The van der Waals surface area contributed by atoms with Crippen molar-refractivity contribution < 1.29 is 4.79 Å². The van der Waals surface area contributed by atoms with Gasteiger partial charge in [0.1, 0.15) is 5.78 Å². The highest BCUT2D eigenvalue weighted by Crippen LogP contribution is 2.17. The van der Waals surface area contributed by atoms with Crippen molar-refractivity contribution >= 4 is 5.78 Å². The van der Waals surface area contributed by atoms with E-state index in [0.29, 0.717) is 5.78 Å². The Morgan fingerprint density at radius 1 is 1.18 bits per heavy atom. The average Bonchev–Trinajstić information content (AvgIpc) is 1.86. The van der Waals surface area contributed by atoms with E-state index in [1.807, 2.05) is 0 Å². The van der Waals surface area contributed by atoms with Crippen LogP contribution in [0.1, 0.15) is 33.6 Å². The number of nitrogens with zero attached hydrogens (tertiary/aromatic N) is 1. The van der Waals surface area contributed by atoms with Gasteiger partial charge in [0.15, 0.2) is 0 Å². The average molecular weight is 155 g/mol. The molecule has 0 saturated carbocycles. The van der Waals surface area contributed by atoms with Crippen LogP contribution in [0.4, 0.5) is 0 Å². The number of hydrogen-bond donors (Lipinski definition) is 0. The second kappa shape index (κ2) is 2.94. The van der Waals surface area contributed by atoms with Gasteiger partial charge in [-0.25, -0.2) is 0 Å². The first kappa shape index (κ1) is 8.72. The van der Waals surface area contributed by atoms with Crippen molar-refractivity contribution in [2.45, 2.75) is 39.2 Å². The lowest BCUT2D eigenvalue weighted by Crippen LogP contribution is -2.46. The van der Waals surface area contributed by atoms with Gasteiger partial charge < -0.3 is 0 Å². The Bertz CT molecular complexity index is 147. The summed E-state index contributed by atoms with van der Waals surface area (Å²) in [5.41, 5.74) is 0.237. The third-order valence-corrected chi connectivity index (χ3v) is 2.27. The minimum Gasteiger partial charge on any atom is -0.300 e. The minimum absolute atomic E-state index is 0.237. The van der Waals surface area contributed by atoms with E-state index in [9.17, 15) is 4.79 Å². The van der Waals surface area contributed by atoms with Crippen LogP contribution in [0.2, 0.25) is 0 Å². The largest absolute Gasteiger partial charge is 0.300 e. The second-order valence-electron chi connectivity index (χ2n) is 4.20. The molecule has 0 bridgehead atoms. The third kappa shape index (κ3) is 2.29. The molecule has 0 aromatic rings. The normalized spacial score (nSPS) is 22.3. The number of hydrogen-bond acceptors (Lipinski definition) is 2. The molecule has 1 aliphatic heterocycles. The van der Waals surface area contributed by atoms with Gasteiger partial charge in [-0.2, -0.15) is 0 Å². The fraction of sp³-hybridized carbons (Fsp3) is 0.889. The third-order valence-electron chi connectivity index (χ3n) is 2.27. The van der Waals surface area contributed by atoms with Crippen LogP contribution in [0, 0.1) is 0 Å². The minimum atomic E-state index is 0.237. The first-order valence-electron chi connectivity index (χ1n) is 4.27. The summed E-state index contributed by atoms with van der Waals surface area (Å²) >= 11 is 0. The number of Topliss-reactive ketones (excluding diaryl/α,β-unsaturated/α-hetero) is 1. The van der Waals surface area contributed by atoms with Gasteiger partial charge in [-0.15, -0.1) is 0 Å². The molecular weight excluding hydrogens is 138 g/mol. The summed E-state index contributed by atoms with van der Waals surface area (Å²) in [7, 11) is 0. The summed E-state index contributed by atoms with van der Waals surface area (Å²) in [6.45, 7) is 8.49. The number of rotatable bonds is 0. The van der Waals surface area contributed by atoms with Crippen molar-refractivity contribution in [1.82, 2.24) is 4.90 Å². The highest BCUT2D eigenvalue weighted by atomic mass is 16.1. The van der Waals surface area contributed by atoms with Gasteiger partial charge >= 0.3 is 0 Å². The van der Waals surface area contributed by atoms with Crippen LogP contribution in [0.15, 0.2) is 0 Å². The van der Waals surface area contributed by atoms with Crippen molar-refractivity contribution in [3.05, 3.63) is 0 Å². The maximum atomic E-state index is 10.9. The maximum Gasteiger partial charge on any atom is 0.135 e. The van der Waals surface area contributed by atoms with Crippen LogP contribution in [-0.4, -0.2) is 29.3 Å². The lowest BCUT2D eigenvalue weighted by Gasteiger charge is -2.37. The van der Waals surface area contributed by atoms with E-state index in [0.717, 1.165) is 25.9 Å². The molecule has 0 radical (unpaired) electrons. The van der Waals surface area contributed by atoms with E-state index in [-0.39, 0.29) is 5.54 Å². The van der Waals surface area contributed by atoms with E-state index < -0.39 is 0 Å². The summed E-state index contributed by atoms with van der Waals surface area (Å²) < 4.78 is 0. The van der Waals surface area contributed by atoms with Crippen LogP contribution in [-0.2, 0) is 4.79 Å². The van der Waals surface area contributed by atoms with Crippen LogP contribution >= 0.6 is 0 Å². The lowest BCUT2D eigenvalue weighted by atomic mass is 10.0. The topological polar surface area (TPSA) is 20.3 Å². The first-order chi connectivity index (χ1) is 5.00. The highest BCUT2D eigenvalue weighted by molar-refractivity contribution is 5.79. The van der Waals surface area contributed by atoms with Gasteiger partial charge in [0.25, 0.3) is 0 Å². The fourth-order valence-corrected chi connectivity index (χ4v) is 1.43. The molecule has 2 nitrogen and oxygen atoms in total. The molecular formula is C9H17NO. The van der Waals surface area contributed by atoms with Gasteiger partial charge in [0.2, 0.25) is 0 Å². The van der Waals surface area contributed by atoms with Gasteiger partial charge in [-0.05, 0) is 20.8 Å². The Labute approximate surface area is 68.6 Å². The molecule has 0 amide bonds. The van der Waals surface area contributed by atoms with E-state index >= 15 is 0 Å². The van der Waals surface area contributed by atoms with Gasteiger partial charge in [0, 0.05) is 31.5 Å². The monoisotopic (exact) mass is 155 g/mol. The first-order valence-corrected chi connectivity index (χ1v) is 4.27. The summed E-state index contributed by atoms with van der Waals surface area (Å²) in [6, 6.07) is 0. The van der Waals surface area contributed by atoms with Crippen LogP contribution in [0.3, 0.4) is 0 Å². The smallest absolute Gasteiger partial charge is 0.135 e. The van der Waals surface area contributed by atoms with E-state index in [2.05, 4.69) is 25.7 Å². The van der Waals surface area contributed by atoms with E-state index in [1.54, 1.807) is 0 Å². The second-order valence-corrected chi connectivity index (χ2v) is 4.20. The quantitative estimate of drug-likeness (QED) is 0.527. The van der Waals surface area contributed by atoms with Crippen molar-refractivity contribution in [2.75, 3.05) is 13.1 Å². The molecule has 0 unspecified atom stereocenters. The molecule has 1 aliphatic rings. The molecule has 0 spiro atoms. The summed E-state index contributed by atoms with van der Waals surface area (Å²) in [5.74, 6) is 0.422. The summed E-state index contributed by atoms with van der Waals surface area (Å²) in [4.78, 5) is 13.3. The predicted octanol–water partition coefficient (Wildman–Crippen LogP) is 1.45. The number of carbonyl (C=O) groups excluding carboxylic acids is 1. The van der Waals surface area contributed by atoms with Crippen LogP contribution < -0.4 is 0 Å². The maximum absolute atomic E-state index is 10.9. The number of carbonyl (C=O) groups is 1. The molecule has 64 valence electrons. The molecule has 0 N–H and O–H groups in total. The summed E-state index contributed by atoms with van der Waals surface area (Å²) in [6.07, 6.45) is 1.49. The molecule has 1 rings (SSSR count). The van der Waals surface area contributed by atoms with Gasteiger partial charge in [-0.3, -0.25) is 9.69 Å². The Morgan fingerprint density at radius 2 is 1.64 bits per heavy atom. The number of piperidine rings is 1. The van der Waals surface area contributed by atoms with Gasteiger partial charge in [-0.1, -0.05) is 0 Å². The Kier molecular flexibility index (Phi) is 2.33. The molecule has 1 saturated heterocycles. The van der Waals surface area contributed by atoms with Crippen molar-refractivity contribution in [3.8, 4) is 0 Å². The molecule has 1 heterocycles. The molecule has 0 aliphatic carbocycles. The van der Waals surface area contributed by atoms with Gasteiger partial charge in [0.05, 0.1) is 0 Å². The van der Waals surface area contributed by atoms with Crippen molar-refractivity contribution in [1.29, 1.82) is 0 Å². The fourth-order valence-electron chi connectivity index (χ4n) is 1.43. The SMILES string of the molecule is CC(C)(C)N1CCC(=O)CC1. The van der Waals surface area contributed by atoms with E-state index in [4.69, 9.17) is 0 Å². The zero-order chi connectivity index (χ0) is 8.48. The lowest BCUT2D eigenvalue weighted by molar-refractivity contribution is -0.122. The van der Waals surface area contributed by atoms with Crippen LogP contribution in [0.25, 0.3) is 0 Å². The molecule has 2 heteroatoms. The summed E-state index contributed by atoms with van der Waals surface area (Å²) in [5, 5.41) is 0. The molecule has 0 aromatic heterocycles. The van der Waals surface area contributed by atoms with Crippen LogP contribution in [0.5, 0.6) is 0 Å². The molecule has 1 fully saturated rings. The van der Waals surface area contributed by atoms with E-state index in [1.165, 1.54) is 0 Å². The number of ketones is 1. The van der Waals surface area contributed by atoms with Crippen molar-refractivity contribution in [2.24, 2.45) is 0 Å². The Balaban J connectivity index is 2.45. The Morgan fingerprint density at radius 3 is 2.00 bits per heavy atom. The molecule has 0 aromatic carbocycles. The Hall–Kier alpha value is -0.370.